The molecule has 8 N–H and O–H groups in total. The van der Waals surface area contributed by atoms with Crippen molar-refractivity contribution < 1.29 is 46.8 Å². The number of carbonyl (C=O) groups excluding carboxylic acids is 2. The molecule has 6 rings (SSSR count). The fraction of sp³-hybridized carbons (Fsp3) is 0.0556. The summed E-state index contributed by atoms with van der Waals surface area (Å²) in [7, 11) is 0. The van der Waals surface area contributed by atoms with E-state index in [9.17, 15) is 30.0 Å². The van der Waals surface area contributed by atoms with E-state index in [4.69, 9.17) is 0 Å². The Bertz CT molecular complexity index is 2070. The van der Waals surface area contributed by atoms with Gasteiger partial charge in [-0.15, -0.1) is 22.7 Å². The van der Waals surface area contributed by atoms with Gasteiger partial charge < -0.3 is 20.4 Å². The van der Waals surface area contributed by atoms with Crippen LogP contribution in [0.3, 0.4) is 0 Å². The summed E-state index contributed by atoms with van der Waals surface area (Å²) in [5.41, 5.74) is 9.78. The molecule has 0 aliphatic rings. The van der Waals surface area contributed by atoms with Gasteiger partial charge in [0.15, 0.2) is 10.3 Å². The summed E-state index contributed by atoms with van der Waals surface area (Å²) < 4.78 is 0. The Morgan fingerprint density at radius 2 is 0.962 bits per heavy atom. The molecule has 1 radical (unpaired) electrons. The molecule has 6 aromatic rings. The Balaban J connectivity index is 0.000000232. The molecule has 0 bridgehead atoms. The van der Waals surface area contributed by atoms with Crippen LogP contribution in [0.4, 0.5) is 19.9 Å². The number of aromatic nitrogens is 2. The van der Waals surface area contributed by atoms with Crippen molar-refractivity contribution in [2.45, 2.75) is 13.8 Å². The molecule has 0 saturated heterocycles. The van der Waals surface area contributed by atoms with Crippen LogP contribution in [-0.4, -0.2) is 53.9 Å². The number of thiazole rings is 2. The van der Waals surface area contributed by atoms with Gasteiger partial charge >= 0.3 is 12.1 Å². The summed E-state index contributed by atoms with van der Waals surface area (Å²) in [5, 5.41) is 55.9. The predicted molar refractivity (Wildman–Crippen MR) is 203 cm³/mol. The second kappa shape index (κ2) is 18.8. The van der Waals surface area contributed by atoms with Gasteiger partial charge in [0.05, 0.1) is 22.8 Å². The average Bonchev–Trinajstić information content (AvgIpc) is 3.81. The zero-order chi connectivity index (χ0) is 37.0. The van der Waals surface area contributed by atoms with Crippen molar-refractivity contribution in [3.05, 3.63) is 119 Å². The molecule has 0 aliphatic heterocycles. The molecule has 4 amide bonds. The fourth-order valence-electron chi connectivity index (χ4n) is 4.44. The number of amides is 4. The van der Waals surface area contributed by atoms with Gasteiger partial charge in [-0.25, -0.2) is 30.4 Å². The first-order chi connectivity index (χ1) is 25.0. The van der Waals surface area contributed by atoms with Crippen molar-refractivity contribution in [1.29, 1.82) is 0 Å². The standard InChI is InChI=1S/2C18H16N4O3S.Co/c2*1-11(14-8-7-13(23)9-16(14)24)21-22-17(25)20-18-19-15(10-26-18)12-5-3-2-4-6-12;/h2*2-10,23-24H,1H3,(H2,19,20,22,25);/b2*21-11-;. The van der Waals surface area contributed by atoms with Crippen molar-refractivity contribution >= 4 is 56.4 Å². The summed E-state index contributed by atoms with van der Waals surface area (Å²) in [6.07, 6.45) is 0. The van der Waals surface area contributed by atoms with E-state index in [1.54, 1.807) is 13.8 Å². The molecule has 2 heterocycles. The normalized spacial score (nSPS) is 11.0. The second-order valence-corrected chi connectivity index (χ2v) is 12.5. The Morgan fingerprint density at radius 1 is 0.585 bits per heavy atom. The predicted octanol–water partition coefficient (Wildman–Crippen LogP) is 7.53. The van der Waals surface area contributed by atoms with E-state index >= 15 is 0 Å². The molecule has 0 spiro atoms. The number of benzene rings is 4. The maximum Gasteiger partial charge on any atom is 0.341 e. The number of urea groups is 2. The molecule has 17 heteroatoms. The third kappa shape index (κ3) is 11.4. The molecule has 273 valence electrons. The Kier molecular flexibility index (Phi) is 14.0. The first-order valence-electron chi connectivity index (χ1n) is 15.3. The molecule has 0 unspecified atom stereocenters. The Hall–Kier alpha value is -6.27. The first-order valence-corrected chi connectivity index (χ1v) is 17.1. The zero-order valence-corrected chi connectivity index (χ0v) is 30.6. The number of carbonyl (C=O) groups is 2. The zero-order valence-electron chi connectivity index (χ0n) is 27.9. The third-order valence-electron chi connectivity index (χ3n) is 6.98. The summed E-state index contributed by atoms with van der Waals surface area (Å²) in [5.74, 6) is -0.354. The van der Waals surface area contributed by atoms with Crippen LogP contribution >= 0.6 is 22.7 Å². The third-order valence-corrected chi connectivity index (χ3v) is 8.50. The molecule has 0 saturated carbocycles. The Morgan fingerprint density at radius 3 is 1.32 bits per heavy atom. The minimum absolute atomic E-state index is 0. The summed E-state index contributed by atoms with van der Waals surface area (Å²) in [4.78, 5) is 32.7. The quantitative estimate of drug-likeness (QED) is 0.0568. The largest absolute Gasteiger partial charge is 0.508 e. The van der Waals surface area contributed by atoms with Gasteiger partial charge in [0.25, 0.3) is 0 Å². The van der Waals surface area contributed by atoms with Crippen molar-refractivity contribution in [3.8, 4) is 45.5 Å². The van der Waals surface area contributed by atoms with Gasteiger partial charge in [-0.2, -0.15) is 10.2 Å². The number of hydrogen-bond acceptors (Lipinski definition) is 12. The number of hydrogen-bond donors (Lipinski definition) is 8. The van der Waals surface area contributed by atoms with Crippen LogP contribution in [0.15, 0.2) is 118 Å². The minimum Gasteiger partial charge on any atom is -0.508 e. The number of hydrazone groups is 2. The maximum absolute atomic E-state index is 12.0. The molecule has 0 atom stereocenters. The van der Waals surface area contributed by atoms with E-state index in [0.29, 0.717) is 32.8 Å². The second-order valence-electron chi connectivity index (χ2n) is 10.7. The summed E-state index contributed by atoms with van der Waals surface area (Å²) in [6, 6.07) is 26.5. The molecule has 53 heavy (non-hydrogen) atoms. The van der Waals surface area contributed by atoms with E-state index in [1.165, 1.54) is 59.1 Å². The van der Waals surface area contributed by atoms with Crippen LogP contribution in [0.2, 0.25) is 0 Å². The summed E-state index contributed by atoms with van der Waals surface area (Å²) in [6.45, 7) is 3.26. The van der Waals surface area contributed by atoms with E-state index in [0.717, 1.165) is 22.5 Å². The average molecular weight is 796 g/mol. The number of rotatable bonds is 8. The topological polar surface area (TPSA) is 214 Å². The van der Waals surface area contributed by atoms with Gasteiger partial charge in [-0.1, -0.05) is 60.7 Å². The van der Waals surface area contributed by atoms with Gasteiger partial charge in [-0.05, 0) is 38.1 Å². The maximum atomic E-state index is 12.0. The van der Waals surface area contributed by atoms with Crippen molar-refractivity contribution in [2.75, 3.05) is 10.6 Å². The van der Waals surface area contributed by atoms with Gasteiger partial charge in [0.2, 0.25) is 0 Å². The van der Waals surface area contributed by atoms with E-state index in [-0.39, 0.29) is 39.8 Å². The number of aromatic hydroxyl groups is 4. The van der Waals surface area contributed by atoms with Gasteiger partial charge in [0.1, 0.15) is 23.0 Å². The summed E-state index contributed by atoms with van der Waals surface area (Å²) >= 11 is 2.62. The first kappa shape index (κ1) is 39.5. The van der Waals surface area contributed by atoms with E-state index in [1.807, 2.05) is 71.4 Å². The molecule has 0 fully saturated rings. The van der Waals surface area contributed by atoms with Crippen molar-refractivity contribution in [2.24, 2.45) is 10.2 Å². The molecular formula is C36H32CoN8O6S2. The number of nitrogens with zero attached hydrogens (tertiary/aromatic N) is 4. The van der Waals surface area contributed by atoms with Crippen molar-refractivity contribution in [1.82, 2.24) is 20.8 Å². The van der Waals surface area contributed by atoms with Crippen LogP contribution in [0.5, 0.6) is 23.0 Å². The molecule has 14 nitrogen and oxygen atoms in total. The number of nitrogens with one attached hydrogen (secondary N) is 4. The molecule has 0 aliphatic carbocycles. The number of anilines is 2. The number of phenols is 4. The SMILES string of the molecule is C/C(=N/NC(=O)Nc1nc(-c2ccccc2)cs1)c1ccc(O)cc1O.C/C(=N/NC(=O)Nc1nc(-c2ccccc2)cs1)c1ccc(O)cc1O.[Co]. The molecular weight excluding hydrogens is 764 g/mol. The van der Waals surface area contributed by atoms with Crippen LogP contribution in [0.1, 0.15) is 25.0 Å². The van der Waals surface area contributed by atoms with Crippen LogP contribution < -0.4 is 21.5 Å². The molecule has 2 aromatic heterocycles. The number of phenolic OH excluding ortho intramolecular Hbond substituents is 4. The molecule has 4 aromatic carbocycles. The van der Waals surface area contributed by atoms with Gasteiger partial charge in [0, 0.05) is 61.9 Å². The monoisotopic (exact) mass is 795 g/mol. The van der Waals surface area contributed by atoms with Gasteiger partial charge in [-0.3, -0.25) is 10.6 Å². The van der Waals surface area contributed by atoms with Crippen molar-refractivity contribution in [3.63, 3.8) is 0 Å². The van der Waals surface area contributed by atoms with Crippen LogP contribution in [-0.2, 0) is 16.8 Å². The van der Waals surface area contributed by atoms with E-state index < -0.39 is 12.1 Å². The minimum atomic E-state index is -0.545. The Labute approximate surface area is 321 Å². The fourth-order valence-corrected chi connectivity index (χ4v) is 5.87. The van der Waals surface area contributed by atoms with Crippen LogP contribution in [0, 0.1) is 0 Å². The smallest absolute Gasteiger partial charge is 0.341 e. The van der Waals surface area contributed by atoms with Crippen LogP contribution in [0.25, 0.3) is 22.5 Å². The van der Waals surface area contributed by atoms with E-state index in [2.05, 4.69) is 41.7 Å².